The Morgan fingerprint density at radius 1 is 1.47 bits per heavy atom. The Balaban J connectivity index is 2.91. The summed E-state index contributed by atoms with van der Waals surface area (Å²) in [4.78, 5) is 0.0195. The molecule has 0 heterocycles. The number of nitrogens with one attached hydrogen (secondary N) is 1. The van der Waals surface area contributed by atoms with Crippen molar-refractivity contribution < 1.29 is 13.5 Å². The van der Waals surface area contributed by atoms with E-state index in [-0.39, 0.29) is 22.9 Å². The largest absolute Gasteiger partial charge is 0.389 e. The molecule has 0 spiro atoms. The van der Waals surface area contributed by atoms with Gasteiger partial charge in [0, 0.05) is 6.54 Å². The summed E-state index contributed by atoms with van der Waals surface area (Å²) >= 11 is 0. The average Bonchev–Trinajstić information content (AvgIpc) is 2.36. The first kappa shape index (κ1) is 15.6. The Morgan fingerprint density at radius 2 is 2.11 bits per heavy atom. The minimum atomic E-state index is -3.72. The molecule has 1 atom stereocenters. The number of nitrogens with zero attached hydrogens (tertiary/aromatic N) is 1. The summed E-state index contributed by atoms with van der Waals surface area (Å²) in [6.45, 7) is 5.12. The Labute approximate surface area is 113 Å². The lowest BCUT2D eigenvalue weighted by atomic mass is 9.93. The lowest BCUT2D eigenvalue weighted by molar-refractivity contribution is 0.0190. The first-order valence-corrected chi connectivity index (χ1v) is 7.39. The van der Waals surface area contributed by atoms with Gasteiger partial charge >= 0.3 is 0 Å². The molecule has 0 bridgehead atoms. The number of aliphatic hydroxyl groups is 1. The fraction of sp³-hybridized carbons (Fsp3) is 0.462. The van der Waals surface area contributed by atoms with E-state index in [1.807, 2.05) is 19.9 Å². The molecule has 0 aliphatic rings. The van der Waals surface area contributed by atoms with Crippen molar-refractivity contribution in [1.82, 2.24) is 4.72 Å². The Kier molecular flexibility index (Phi) is 4.69. The van der Waals surface area contributed by atoms with Crippen molar-refractivity contribution in [2.45, 2.75) is 31.3 Å². The molecular weight excluding hydrogens is 264 g/mol. The van der Waals surface area contributed by atoms with Gasteiger partial charge in [0.25, 0.3) is 0 Å². The number of benzene rings is 1. The molecule has 0 aliphatic heterocycles. The quantitative estimate of drug-likeness (QED) is 0.850. The molecule has 1 aromatic carbocycles. The highest BCUT2D eigenvalue weighted by Gasteiger charge is 2.27. The van der Waals surface area contributed by atoms with E-state index in [1.54, 1.807) is 6.92 Å². The van der Waals surface area contributed by atoms with Gasteiger partial charge in [0.05, 0.1) is 22.1 Å². The number of hydrogen-bond donors (Lipinski definition) is 2. The molecule has 5 nitrogen and oxygen atoms in total. The van der Waals surface area contributed by atoms with Crippen LogP contribution in [0.25, 0.3) is 0 Å². The SMILES string of the molecule is CC(C)C(C)(O)CNS(=O)(=O)c1cccc(C#N)c1. The highest BCUT2D eigenvalue weighted by atomic mass is 32.2. The Morgan fingerprint density at radius 3 is 2.63 bits per heavy atom. The van der Waals surface area contributed by atoms with Crippen molar-refractivity contribution in [3.8, 4) is 6.07 Å². The van der Waals surface area contributed by atoms with E-state index in [2.05, 4.69) is 4.72 Å². The fourth-order valence-corrected chi connectivity index (χ4v) is 2.45. The molecule has 0 aliphatic carbocycles. The summed E-state index contributed by atoms with van der Waals surface area (Å²) < 4.78 is 26.4. The van der Waals surface area contributed by atoms with Crippen molar-refractivity contribution in [3.63, 3.8) is 0 Å². The normalized spacial score (nSPS) is 14.9. The van der Waals surface area contributed by atoms with Gasteiger partial charge in [-0.1, -0.05) is 19.9 Å². The number of rotatable bonds is 5. The number of sulfonamides is 1. The van der Waals surface area contributed by atoms with Gasteiger partial charge in [0.1, 0.15) is 0 Å². The second-order valence-corrected chi connectivity index (χ2v) is 6.74. The molecule has 1 aromatic rings. The monoisotopic (exact) mass is 282 g/mol. The minimum absolute atomic E-state index is 0.0195. The molecule has 19 heavy (non-hydrogen) atoms. The maximum absolute atomic E-state index is 12.0. The molecule has 0 fully saturated rings. The predicted molar refractivity (Wildman–Crippen MR) is 71.8 cm³/mol. The van der Waals surface area contributed by atoms with Crippen LogP contribution in [0.1, 0.15) is 26.3 Å². The van der Waals surface area contributed by atoms with E-state index in [1.165, 1.54) is 24.3 Å². The summed E-state index contributed by atoms with van der Waals surface area (Å²) in [5, 5.41) is 18.8. The van der Waals surface area contributed by atoms with Crippen LogP contribution in [0.2, 0.25) is 0 Å². The maximum atomic E-state index is 12.0. The summed E-state index contributed by atoms with van der Waals surface area (Å²) in [5.41, 5.74) is -0.849. The summed E-state index contributed by atoms with van der Waals surface area (Å²) in [5.74, 6) is -0.0827. The van der Waals surface area contributed by atoms with Gasteiger partial charge in [0.15, 0.2) is 0 Å². The van der Waals surface area contributed by atoms with Crippen LogP contribution in [0.5, 0.6) is 0 Å². The van der Waals surface area contributed by atoms with Gasteiger partial charge in [0.2, 0.25) is 10.0 Å². The Hall–Kier alpha value is -1.42. The number of nitriles is 1. The minimum Gasteiger partial charge on any atom is -0.389 e. The molecule has 104 valence electrons. The smallest absolute Gasteiger partial charge is 0.240 e. The van der Waals surface area contributed by atoms with Crippen molar-refractivity contribution in [2.24, 2.45) is 5.92 Å². The van der Waals surface area contributed by atoms with Crippen LogP contribution in [0, 0.1) is 17.2 Å². The molecule has 0 aromatic heterocycles. The Bertz CT molecular complexity index is 586. The topological polar surface area (TPSA) is 90.2 Å². The zero-order valence-corrected chi connectivity index (χ0v) is 12.0. The van der Waals surface area contributed by atoms with Gasteiger partial charge in [-0.25, -0.2) is 13.1 Å². The highest BCUT2D eigenvalue weighted by Crippen LogP contribution is 2.17. The average molecular weight is 282 g/mol. The van der Waals surface area contributed by atoms with Crippen LogP contribution in [0.3, 0.4) is 0 Å². The van der Waals surface area contributed by atoms with Gasteiger partial charge in [-0.2, -0.15) is 5.26 Å². The molecule has 1 rings (SSSR count). The van der Waals surface area contributed by atoms with Crippen molar-refractivity contribution in [1.29, 1.82) is 5.26 Å². The molecule has 0 saturated heterocycles. The van der Waals surface area contributed by atoms with Crippen molar-refractivity contribution in [3.05, 3.63) is 29.8 Å². The first-order valence-electron chi connectivity index (χ1n) is 5.91. The van der Waals surface area contributed by atoms with Crippen LogP contribution in [0.4, 0.5) is 0 Å². The molecular formula is C13H18N2O3S. The maximum Gasteiger partial charge on any atom is 0.240 e. The number of hydrogen-bond acceptors (Lipinski definition) is 4. The summed E-state index contributed by atoms with van der Waals surface area (Å²) in [6, 6.07) is 7.64. The second kappa shape index (κ2) is 5.70. The summed E-state index contributed by atoms with van der Waals surface area (Å²) in [7, 11) is -3.72. The third-order valence-corrected chi connectivity index (χ3v) is 4.54. The van der Waals surface area contributed by atoms with Crippen molar-refractivity contribution >= 4 is 10.0 Å². The van der Waals surface area contributed by atoms with E-state index in [0.29, 0.717) is 0 Å². The van der Waals surface area contributed by atoms with E-state index in [0.717, 1.165) is 0 Å². The van der Waals surface area contributed by atoms with Gasteiger partial charge < -0.3 is 5.11 Å². The molecule has 6 heteroatoms. The van der Waals surface area contributed by atoms with Crippen LogP contribution in [0.15, 0.2) is 29.2 Å². The van der Waals surface area contributed by atoms with Gasteiger partial charge in [-0.3, -0.25) is 0 Å². The zero-order chi connectivity index (χ0) is 14.7. The fourth-order valence-electron chi connectivity index (χ4n) is 1.26. The van der Waals surface area contributed by atoms with Crippen LogP contribution >= 0.6 is 0 Å². The molecule has 2 N–H and O–H groups in total. The molecule has 0 radical (unpaired) electrons. The van der Waals surface area contributed by atoms with Crippen molar-refractivity contribution in [2.75, 3.05) is 6.54 Å². The van der Waals surface area contributed by atoms with Gasteiger partial charge in [-0.05, 0) is 31.0 Å². The van der Waals surface area contributed by atoms with E-state index in [4.69, 9.17) is 5.26 Å². The van der Waals surface area contributed by atoms with E-state index in [9.17, 15) is 13.5 Å². The van der Waals surface area contributed by atoms with E-state index >= 15 is 0 Å². The summed E-state index contributed by atoms with van der Waals surface area (Å²) in [6.07, 6.45) is 0. The van der Waals surface area contributed by atoms with E-state index < -0.39 is 15.6 Å². The van der Waals surface area contributed by atoms with Crippen LogP contribution in [-0.4, -0.2) is 25.7 Å². The van der Waals surface area contributed by atoms with Crippen LogP contribution in [-0.2, 0) is 10.0 Å². The lowest BCUT2D eigenvalue weighted by Crippen LogP contribution is -2.44. The first-order chi connectivity index (χ1) is 8.69. The molecule has 0 saturated carbocycles. The standard InChI is InChI=1S/C13H18N2O3S/c1-10(2)13(3,16)9-15-19(17,18)12-6-4-5-11(7-12)8-14/h4-7,10,15-16H,9H2,1-3H3. The van der Waals surface area contributed by atoms with Crippen LogP contribution < -0.4 is 4.72 Å². The van der Waals surface area contributed by atoms with Gasteiger partial charge in [-0.15, -0.1) is 0 Å². The lowest BCUT2D eigenvalue weighted by Gasteiger charge is -2.27. The second-order valence-electron chi connectivity index (χ2n) is 4.98. The highest BCUT2D eigenvalue weighted by molar-refractivity contribution is 7.89. The predicted octanol–water partition coefficient (Wildman–Crippen LogP) is 1.24. The molecule has 1 unspecified atom stereocenters. The molecule has 0 amide bonds. The zero-order valence-electron chi connectivity index (χ0n) is 11.2. The third-order valence-electron chi connectivity index (χ3n) is 3.14. The third kappa shape index (κ3) is 4.03.